The molecule has 1 heterocycles. The molecule has 33 heavy (non-hydrogen) atoms. The Balaban J connectivity index is 0.000000454. The molecule has 1 aliphatic rings. The molecule has 0 radical (unpaired) electrons. The molecule has 1 aliphatic heterocycles. The van der Waals surface area contributed by atoms with Crippen molar-refractivity contribution in [3.8, 4) is 0 Å². The van der Waals surface area contributed by atoms with Crippen LogP contribution in [0.4, 0.5) is 11.4 Å². The van der Waals surface area contributed by atoms with Gasteiger partial charge in [0.2, 0.25) is 0 Å². The monoisotopic (exact) mass is 450 g/mol. The molecule has 0 unspecified atom stereocenters. The SMILES string of the molecule is CCOC(=O)c1ccc2c(c1)N(c1ccc3ccccc3c1)CCN(C)C2.O=C(O)C(=O)O. The smallest absolute Gasteiger partial charge is 0.414 e. The highest BCUT2D eigenvalue weighted by Crippen LogP contribution is 2.34. The third-order valence-corrected chi connectivity index (χ3v) is 5.26. The Morgan fingerprint density at radius 2 is 1.61 bits per heavy atom. The molecular weight excluding hydrogens is 424 g/mol. The van der Waals surface area contributed by atoms with Crippen molar-refractivity contribution in [2.45, 2.75) is 13.5 Å². The van der Waals surface area contributed by atoms with Crippen molar-refractivity contribution in [1.82, 2.24) is 4.90 Å². The predicted molar refractivity (Wildman–Crippen MR) is 125 cm³/mol. The van der Waals surface area contributed by atoms with E-state index in [-0.39, 0.29) is 5.97 Å². The molecule has 0 aliphatic carbocycles. The molecule has 8 nitrogen and oxygen atoms in total. The van der Waals surface area contributed by atoms with Crippen LogP contribution in [0.3, 0.4) is 0 Å². The fourth-order valence-electron chi connectivity index (χ4n) is 3.66. The lowest BCUT2D eigenvalue weighted by atomic mass is 10.1. The highest BCUT2D eigenvalue weighted by Gasteiger charge is 2.21. The molecular formula is C25H26N2O6. The van der Waals surface area contributed by atoms with Gasteiger partial charge in [0.05, 0.1) is 12.2 Å². The Morgan fingerprint density at radius 1 is 0.909 bits per heavy atom. The summed E-state index contributed by atoms with van der Waals surface area (Å²) in [5.41, 5.74) is 4.05. The van der Waals surface area contributed by atoms with Gasteiger partial charge in [-0.1, -0.05) is 36.4 Å². The van der Waals surface area contributed by atoms with Gasteiger partial charge in [0, 0.05) is 31.0 Å². The van der Waals surface area contributed by atoms with Gasteiger partial charge >= 0.3 is 17.9 Å². The second-order valence-electron chi connectivity index (χ2n) is 7.60. The van der Waals surface area contributed by atoms with Gasteiger partial charge in [0.15, 0.2) is 0 Å². The number of esters is 1. The van der Waals surface area contributed by atoms with Crippen LogP contribution in [0.1, 0.15) is 22.8 Å². The molecule has 3 aromatic rings. The number of hydrogen-bond acceptors (Lipinski definition) is 6. The van der Waals surface area contributed by atoms with Gasteiger partial charge in [0.1, 0.15) is 0 Å². The van der Waals surface area contributed by atoms with E-state index in [0.29, 0.717) is 12.2 Å². The first-order chi connectivity index (χ1) is 15.8. The molecule has 0 saturated heterocycles. The minimum absolute atomic E-state index is 0.267. The number of ether oxygens (including phenoxy) is 1. The molecule has 4 rings (SSSR count). The van der Waals surface area contributed by atoms with Crippen molar-refractivity contribution < 1.29 is 29.3 Å². The van der Waals surface area contributed by atoms with Crippen LogP contribution in [0.15, 0.2) is 60.7 Å². The molecule has 3 aromatic carbocycles. The number of carboxylic acid groups (broad SMARTS) is 2. The van der Waals surface area contributed by atoms with Gasteiger partial charge in [-0.3, -0.25) is 0 Å². The quantitative estimate of drug-likeness (QED) is 0.459. The summed E-state index contributed by atoms with van der Waals surface area (Å²) < 4.78 is 5.20. The van der Waals surface area contributed by atoms with Gasteiger partial charge in [-0.25, -0.2) is 14.4 Å². The number of carbonyl (C=O) groups is 3. The second kappa shape index (κ2) is 10.6. The number of benzene rings is 3. The van der Waals surface area contributed by atoms with Crippen LogP contribution in [0, 0.1) is 0 Å². The number of carboxylic acids is 2. The summed E-state index contributed by atoms with van der Waals surface area (Å²) in [7, 11) is 2.13. The first kappa shape index (κ1) is 23.7. The van der Waals surface area contributed by atoms with Crippen molar-refractivity contribution in [2.24, 2.45) is 0 Å². The minimum Gasteiger partial charge on any atom is -0.473 e. The summed E-state index contributed by atoms with van der Waals surface area (Å²) in [6.07, 6.45) is 0. The highest BCUT2D eigenvalue weighted by atomic mass is 16.5. The lowest BCUT2D eigenvalue weighted by Gasteiger charge is -2.25. The van der Waals surface area contributed by atoms with Crippen LogP contribution in [0.25, 0.3) is 10.8 Å². The molecule has 8 heteroatoms. The van der Waals surface area contributed by atoms with E-state index in [1.807, 2.05) is 19.1 Å². The Morgan fingerprint density at radius 3 is 2.27 bits per heavy atom. The number of anilines is 2. The second-order valence-corrected chi connectivity index (χ2v) is 7.60. The number of rotatable bonds is 3. The predicted octanol–water partition coefficient (Wildman–Crippen LogP) is 3.76. The topological polar surface area (TPSA) is 107 Å². The summed E-state index contributed by atoms with van der Waals surface area (Å²) >= 11 is 0. The molecule has 0 bridgehead atoms. The molecule has 172 valence electrons. The van der Waals surface area contributed by atoms with Crippen molar-refractivity contribution >= 4 is 40.1 Å². The van der Waals surface area contributed by atoms with E-state index in [4.69, 9.17) is 24.5 Å². The maximum Gasteiger partial charge on any atom is 0.414 e. The van der Waals surface area contributed by atoms with E-state index in [2.05, 4.69) is 65.4 Å². The van der Waals surface area contributed by atoms with Crippen LogP contribution in [0.2, 0.25) is 0 Å². The third kappa shape index (κ3) is 5.87. The van der Waals surface area contributed by atoms with Crippen LogP contribution in [0.5, 0.6) is 0 Å². The Hall–Kier alpha value is -3.91. The molecule has 0 fully saturated rings. The number of nitrogens with zero attached hydrogens (tertiary/aromatic N) is 2. The fraction of sp³-hybridized carbons (Fsp3) is 0.240. The van der Waals surface area contributed by atoms with Crippen molar-refractivity contribution in [3.05, 3.63) is 71.8 Å². The number of aliphatic carboxylic acids is 2. The number of carbonyl (C=O) groups excluding carboxylic acids is 1. The van der Waals surface area contributed by atoms with E-state index in [1.54, 1.807) is 0 Å². The number of hydrogen-bond donors (Lipinski definition) is 2. The van der Waals surface area contributed by atoms with Crippen LogP contribution < -0.4 is 4.90 Å². The molecule has 0 amide bonds. The summed E-state index contributed by atoms with van der Waals surface area (Å²) in [4.78, 5) is 35.1. The summed E-state index contributed by atoms with van der Waals surface area (Å²) in [5.74, 6) is -3.92. The third-order valence-electron chi connectivity index (χ3n) is 5.26. The van der Waals surface area contributed by atoms with E-state index in [1.165, 1.54) is 16.3 Å². The Kier molecular flexibility index (Phi) is 7.63. The fourth-order valence-corrected chi connectivity index (χ4v) is 3.66. The lowest BCUT2D eigenvalue weighted by molar-refractivity contribution is -0.159. The zero-order valence-corrected chi connectivity index (χ0v) is 18.5. The lowest BCUT2D eigenvalue weighted by Crippen LogP contribution is -2.26. The normalized spacial score (nSPS) is 13.3. The summed E-state index contributed by atoms with van der Waals surface area (Å²) in [6.45, 7) is 4.90. The van der Waals surface area contributed by atoms with Crippen molar-refractivity contribution in [2.75, 3.05) is 31.6 Å². The standard InChI is InChI=1S/C23H24N2O2.C2H2O4/c1-3-27-23(26)19-8-9-20-16-24(2)12-13-25(22(20)15-19)21-11-10-17-6-4-5-7-18(17)14-21;3-1(4)2(5)6/h4-11,14-15H,3,12-13,16H2,1-2H3;(H,3,4)(H,5,6). The zero-order chi connectivity index (χ0) is 24.0. The molecule has 0 atom stereocenters. The van der Waals surface area contributed by atoms with Gasteiger partial charge in [-0.15, -0.1) is 0 Å². The average Bonchev–Trinajstić information content (AvgIpc) is 2.97. The summed E-state index contributed by atoms with van der Waals surface area (Å²) in [6, 6.07) is 20.8. The molecule has 0 saturated carbocycles. The largest absolute Gasteiger partial charge is 0.473 e. The summed E-state index contributed by atoms with van der Waals surface area (Å²) in [5, 5.41) is 17.2. The first-order valence-corrected chi connectivity index (χ1v) is 10.5. The maximum atomic E-state index is 12.2. The Bertz CT molecular complexity index is 1160. The van der Waals surface area contributed by atoms with Crippen molar-refractivity contribution in [1.29, 1.82) is 0 Å². The van der Waals surface area contributed by atoms with Crippen LogP contribution in [-0.2, 0) is 20.9 Å². The van der Waals surface area contributed by atoms with Crippen LogP contribution >= 0.6 is 0 Å². The van der Waals surface area contributed by atoms with Gasteiger partial charge < -0.3 is 24.7 Å². The minimum atomic E-state index is -1.82. The molecule has 0 aromatic heterocycles. The van der Waals surface area contributed by atoms with Crippen LogP contribution in [-0.4, -0.2) is 59.8 Å². The van der Waals surface area contributed by atoms with Gasteiger partial charge in [-0.05, 0) is 54.6 Å². The number of likely N-dealkylation sites (N-methyl/N-ethyl adjacent to an activating group) is 1. The maximum absolute atomic E-state index is 12.2. The zero-order valence-electron chi connectivity index (χ0n) is 18.5. The molecule has 2 N–H and O–H groups in total. The van der Waals surface area contributed by atoms with Gasteiger partial charge in [0.25, 0.3) is 0 Å². The van der Waals surface area contributed by atoms with Gasteiger partial charge in [-0.2, -0.15) is 0 Å². The van der Waals surface area contributed by atoms with Crippen molar-refractivity contribution in [3.63, 3.8) is 0 Å². The van der Waals surface area contributed by atoms with E-state index >= 15 is 0 Å². The van der Waals surface area contributed by atoms with E-state index in [0.717, 1.165) is 31.0 Å². The first-order valence-electron chi connectivity index (χ1n) is 10.5. The molecule has 0 spiro atoms. The number of fused-ring (bicyclic) bond motifs is 2. The van der Waals surface area contributed by atoms with E-state index < -0.39 is 11.9 Å². The van der Waals surface area contributed by atoms with E-state index in [9.17, 15) is 4.79 Å². The Labute approximate surface area is 191 Å². The highest BCUT2D eigenvalue weighted by molar-refractivity contribution is 6.27. The average molecular weight is 450 g/mol.